The first-order valence-electron chi connectivity index (χ1n) is 10.6. The number of amides is 1. The number of hydrogen-bond acceptors (Lipinski definition) is 2. The van der Waals surface area contributed by atoms with Gasteiger partial charge in [0, 0.05) is 23.7 Å². The number of rotatable bonds is 2. The SMILES string of the molecule is Cc1nc2cc(-c3ccc4c(c3)CN(C(=O)c3cccc(Cl)c3C)CCC4)ccc2[nH]1. The number of benzene rings is 3. The Balaban J connectivity index is 1.48. The molecule has 0 aliphatic carbocycles. The minimum Gasteiger partial charge on any atom is -0.342 e. The molecule has 1 aliphatic heterocycles. The topological polar surface area (TPSA) is 49.0 Å². The van der Waals surface area contributed by atoms with E-state index in [0.717, 1.165) is 52.9 Å². The van der Waals surface area contributed by atoms with Crippen molar-refractivity contribution in [1.82, 2.24) is 14.9 Å². The first-order chi connectivity index (χ1) is 15.0. The van der Waals surface area contributed by atoms with E-state index in [0.29, 0.717) is 17.1 Å². The molecule has 0 saturated carbocycles. The number of halogens is 1. The molecule has 1 aromatic heterocycles. The van der Waals surface area contributed by atoms with Gasteiger partial charge in [0.1, 0.15) is 5.82 Å². The smallest absolute Gasteiger partial charge is 0.254 e. The summed E-state index contributed by atoms with van der Waals surface area (Å²) in [4.78, 5) is 23.1. The first kappa shape index (κ1) is 19.8. The van der Waals surface area contributed by atoms with Gasteiger partial charge in [-0.15, -0.1) is 0 Å². The van der Waals surface area contributed by atoms with Gasteiger partial charge >= 0.3 is 0 Å². The monoisotopic (exact) mass is 429 g/mol. The van der Waals surface area contributed by atoms with Crippen LogP contribution in [0.2, 0.25) is 5.02 Å². The molecule has 0 radical (unpaired) electrons. The number of fused-ring (bicyclic) bond motifs is 2. The maximum absolute atomic E-state index is 13.3. The highest BCUT2D eigenvalue weighted by atomic mass is 35.5. The lowest BCUT2D eigenvalue weighted by Gasteiger charge is -2.22. The summed E-state index contributed by atoms with van der Waals surface area (Å²) in [6.45, 7) is 5.23. The Morgan fingerprint density at radius 1 is 1.03 bits per heavy atom. The number of nitrogens with zero attached hydrogens (tertiary/aromatic N) is 2. The molecule has 0 atom stereocenters. The predicted octanol–water partition coefficient (Wildman–Crippen LogP) is 6.09. The Bertz CT molecular complexity index is 1310. The van der Waals surface area contributed by atoms with Crippen molar-refractivity contribution >= 4 is 28.5 Å². The zero-order valence-corrected chi connectivity index (χ0v) is 18.5. The zero-order chi connectivity index (χ0) is 21.5. The van der Waals surface area contributed by atoms with E-state index in [1.165, 1.54) is 11.1 Å². The lowest BCUT2D eigenvalue weighted by atomic mass is 9.97. The molecule has 31 heavy (non-hydrogen) atoms. The molecule has 4 aromatic rings. The lowest BCUT2D eigenvalue weighted by molar-refractivity contribution is 0.0745. The number of nitrogens with one attached hydrogen (secondary N) is 1. The van der Waals surface area contributed by atoms with Crippen LogP contribution in [0.15, 0.2) is 54.6 Å². The van der Waals surface area contributed by atoms with Crippen LogP contribution in [0.3, 0.4) is 0 Å². The van der Waals surface area contributed by atoms with Gasteiger partial charge in [-0.3, -0.25) is 4.79 Å². The highest BCUT2D eigenvalue weighted by molar-refractivity contribution is 6.31. The van der Waals surface area contributed by atoms with Gasteiger partial charge in [0.15, 0.2) is 0 Å². The normalized spacial score (nSPS) is 13.8. The van der Waals surface area contributed by atoms with Gasteiger partial charge in [-0.2, -0.15) is 0 Å². The number of imidazole rings is 1. The highest BCUT2D eigenvalue weighted by Crippen LogP contribution is 2.29. The molecule has 5 heteroatoms. The molecule has 1 N–H and O–H groups in total. The third kappa shape index (κ3) is 3.72. The van der Waals surface area contributed by atoms with E-state index in [1.807, 2.05) is 36.9 Å². The van der Waals surface area contributed by atoms with Crippen molar-refractivity contribution in [2.24, 2.45) is 0 Å². The van der Waals surface area contributed by atoms with Crippen molar-refractivity contribution in [3.05, 3.63) is 87.7 Å². The summed E-state index contributed by atoms with van der Waals surface area (Å²) < 4.78 is 0. The second-order valence-corrected chi connectivity index (χ2v) is 8.69. The van der Waals surface area contributed by atoms with Crippen LogP contribution in [-0.4, -0.2) is 27.3 Å². The molecule has 0 bridgehead atoms. The summed E-state index contributed by atoms with van der Waals surface area (Å²) in [5, 5.41) is 0.632. The fraction of sp³-hybridized carbons (Fsp3) is 0.231. The molecule has 1 aliphatic rings. The molecule has 5 rings (SSSR count). The standard InChI is InChI=1S/C26H24ClN3O/c1-16-22(6-3-7-23(16)27)26(31)30-12-4-5-18-8-9-19(13-21(18)15-30)20-10-11-24-25(14-20)29-17(2)28-24/h3,6-11,13-14H,4-5,12,15H2,1-2H3,(H,28,29). The number of carbonyl (C=O) groups excluding carboxylic acids is 1. The summed E-state index contributed by atoms with van der Waals surface area (Å²) in [6.07, 6.45) is 1.93. The molecule has 1 amide bonds. The average Bonchev–Trinajstić information content (AvgIpc) is 3.00. The van der Waals surface area contributed by atoms with E-state index in [4.69, 9.17) is 11.6 Å². The van der Waals surface area contributed by atoms with E-state index in [1.54, 1.807) is 0 Å². The first-order valence-corrected chi connectivity index (χ1v) is 11.0. The van der Waals surface area contributed by atoms with Crippen LogP contribution in [0.25, 0.3) is 22.2 Å². The van der Waals surface area contributed by atoms with Crippen LogP contribution in [0.5, 0.6) is 0 Å². The maximum Gasteiger partial charge on any atom is 0.254 e. The third-order valence-corrected chi connectivity index (χ3v) is 6.57. The van der Waals surface area contributed by atoms with E-state index >= 15 is 0 Å². The summed E-state index contributed by atoms with van der Waals surface area (Å²) in [6, 6.07) is 18.5. The Hall–Kier alpha value is -3.11. The third-order valence-electron chi connectivity index (χ3n) is 6.16. The second kappa shape index (κ2) is 7.86. The van der Waals surface area contributed by atoms with Gasteiger partial charge in [0.05, 0.1) is 11.0 Å². The Kier molecular flexibility index (Phi) is 5.03. The largest absolute Gasteiger partial charge is 0.342 e. The van der Waals surface area contributed by atoms with Gasteiger partial charge < -0.3 is 9.88 Å². The minimum atomic E-state index is 0.0478. The fourth-order valence-corrected chi connectivity index (χ4v) is 4.61. The van der Waals surface area contributed by atoms with Crippen LogP contribution in [0, 0.1) is 13.8 Å². The molecular weight excluding hydrogens is 406 g/mol. The van der Waals surface area contributed by atoms with Crippen LogP contribution in [-0.2, 0) is 13.0 Å². The van der Waals surface area contributed by atoms with Crippen molar-refractivity contribution in [2.45, 2.75) is 33.2 Å². The van der Waals surface area contributed by atoms with Gasteiger partial charge in [-0.25, -0.2) is 4.98 Å². The summed E-state index contributed by atoms with van der Waals surface area (Å²) in [5.74, 6) is 0.964. The van der Waals surface area contributed by atoms with Crippen LogP contribution >= 0.6 is 11.6 Å². The predicted molar refractivity (Wildman–Crippen MR) is 126 cm³/mol. The number of aromatic nitrogens is 2. The summed E-state index contributed by atoms with van der Waals surface area (Å²) in [5.41, 5.74) is 8.35. The minimum absolute atomic E-state index is 0.0478. The van der Waals surface area contributed by atoms with Crippen LogP contribution < -0.4 is 0 Å². The van der Waals surface area contributed by atoms with E-state index in [2.05, 4.69) is 46.4 Å². The number of H-pyrrole nitrogens is 1. The molecule has 3 aromatic carbocycles. The lowest BCUT2D eigenvalue weighted by Crippen LogP contribution is -2.31. The molecule has 0 unspecified atom stereocenters. The molecule has 0 saturated heterocycles. The van der Waals surface area contributed by atoms with E-state index in [9.17, 15) is 4.79 Å². The van der Waals surface area contributed by atoms with Crippen molar-refractivity contribution in [3.63, 3.8) is 0 Å². The van der Waals surface area contributed by atoms with Gasteiger partial charge in [-0.1, -0.05) is 35.9 Å². The average molecular weight is 430 g/mol. The molecule has 4 nitrogen and oxygen atoms in total. The Morgan fingerprint density at radius 3 is 2.71 bits per heavy atom. The number of carbonyl (C=O) groups is 1. The van der Waals surface area contributed by atoms with Crippen molar-refractivity contribution in [2.75, 3.05) is 6.54 Å². The van der Waals surface area contributed by atoms with Crippen LogP contribution in [0.4, 0.5) is 0 Å². The Morgan fingerprint density at radius 2 is 1.84 bits per heavy atom. The number of aromatic amines is 1. The molecule has 156 valence electrons. The maximum atomic E-state index is 13.3. The van der Waals surface area contributed by atoms with E-state index in [-0.39, 0.29) is 5.91 Å². The highest BCUT2D eigenvalue weighted by Gasteiger charge is 2.22. The summed E-state index contributed by atoms with van der Waals surface area (Å²) >= 11 is 6.26. The molecular formula is C26H24ClN3O. The molecule has 0 fully saturated rings. The summed E-state index contributed by atoms with van der Waals surface area (Å²) in [7, 11) is 0. The molecule has 0 spiro atoms. The van der Waals surface area contributed by atoms with Gasteiger partial charge in [0.2, 0.25) is 0 Å². The number of hydrogen-bond donors (Lipinski definition) is 1. The fourth-order valence-electron chi connectivity index (χ4n) is 4.44. The van der Waals surface area contributed by atoms with Crippen molar-refractivity contribution in [1.29, 1.82) is 0 Å². The Labute approximate surface area is 186 Å². The van der Waals surface area contributed by atoms with Crippen molar-refractivity contribution in [3.8, 4) is 11.1 Å². The zero-order valence-electron chi connectivity index (χ0n) is 17.7. The van der Waals surface area contributed by atoms with Gasteiger partial charge in [-0.05, 0) is 84.8 Å². The number of aryl methyl sites for hydroxylation is 2. The van der Waals surface area contributed by atoms with Crippen LogP contribution in [0.1, 0.15) is 39.3 Å². The second-order valence-electron chi connectivity index (χ2n) is 8.28. The van der Waals surface area contributed by atoms with Crippen molar-refractivity contribution < 1.29 is 4.79 Å². The van der Waals surface area contributed by atoms with E-state index < -0.39 is 0 Å². The van der Waals surface area contributed by atoms with Gasteiger partial charge in [0.25, 0.3) is 5.91 Å². The quantitative estimate of drug-likeness (QED) is 0.419. The molecule has 2 heterocycles.